The Balaban J connectivity index is 1.99. The Bertz CT molecular complexity index is 364. The molecule has 0 radical (unpaired) electrons. The molecule has 20 heavy (non-hydrogen) atoms. The van der Waals surface area contributed by atoms with Crippen molar-refractivity contribution in [2.24, 2.45) is 5.92 Å². The Labute approximate surface area is 120 Å². The minimum absolute atomic E-state index is 0.0151. The maximum Gasteiger partial charge on any atom is 0.305 e. The topological polar surface area (TPSA) is 69.6 Å². The first-order valence-corrected chi connectivity index (χ1v) is 7.73. The Morgan fingerprint density at radius 2 is 1.95 bits per heavy atom. The zero-order chi connectivity index (χ0) is 14.6. The molecule has 1 saturated carbocycles. The summed E-state index contributed by atoms with van der Waals surface area (Å²) in [4.78, 5) is 25.8. The van der Waals surface area contributed by atoms with Crippen LogP contribution in [-0.2, 0) is 9.59 Å². The highest BCUT2D eigenvalue weighted by molar-refractivity contribution is 5.81. The number of hydrogen-bond acceptors (Lipinski definition) is 3. The predicted molar refractivity (Wildman–Crippen MR) is 76.4 cm³/mol. The van der Waals surface area contributed by atoms with Gasteiger partial charge in [-0.1, -0.05) is 19.3 Å². The van der Waals surface area contributed by atoms with E-state index in [2.05, 4.69) is 10.2 Å². The number of carboxylic acids is 1. The molecule has 0 spiro atoms. The molecular weight excluding hydrogens is 256 g/mol. The standard InChI is InChI=1S/C15H26N2O3/c1-17-9-5-6-12(11-17)14(20)16-15(10-13(18)19)7-3-2-4-8-15/h12H,2-11H2,1H3,(H,16,20)(H,18,19). The van der Waals surface area contributed by atoms with Gasteiger partial charge in [0.05, 0.1) is 17.9 Å². The van der Waals surface area contributed by atoms with E-state index in [4.69, 9.17) is 5.11 Å². The highest BCUT2D eigenvalue weighted by Gasteiger charge is 2.37. The molecule has 0 bridgehead atoms. The average molecular weight is 282 g/mol. The minimum Gasteiger partial charge on any atom is -0.481 e. The molecule has 0 aromatic rings. The lowest BCUT2D eigenvalue weighted by Crippen LogP contribution is -2.54. The molecule has 5 nitrogen and oxygen atoms in total. The molecule has 0 aromatic carbocycles. The quantitative estimate of drug-likeness (QED) is 0.822. The lowest BCUT2D eigenvalue weighted by Gasteiger charge is -2.39. The third-order valence-corrected chi connectivity index (χ3v) is 4.68. The van der Waals surface area contributed by atoms with Gasteiger partial charge in [-0.05, 0) is 39.3 Å². The summed E-state index contributed by atoms with van der Waals surface area (Å²) in [6.07, 6.45) is 6.78. The molecule has 2 N–H and O–H groups in total. The number of hydrogen-bond donors (Lipinski definition) is 2. The lowest BCUT2D eigenvalue weighted by molar-refractivity contribution is -0.140. The highest BCUT2D eigenvalue weighted by Crippen LogP contribution is 2.32. The fraction of sp³-hybridized carbons (Fsp3) is 0.867. The average Bonchev–Trinajstić information content (AvgIpc) is 2.38. The summed E-state index contributed by atoms with van der Waals surface area (Å²) in [6.45, 7) is 1.83. The van der Waals surface area contributed by atoms with Crippen molar-refractivity contribution in [2.45, 2.75) is 56.9 Å². The van der Waals surface area contributed by atoms with Gasteiger partial charge in [-0.25, -0.2) is 0 Å². The van der Waals surface area contributed by atoms with Crippen LogP contribution < -0.4 is 5.32 Å². The van der Waals surface area contributed by atoms with E-state index in [9.17, 15) is 9.59 Å². The van der Waals surface area contributed by atoms with E-state index < -0.39 is 11.5 Å². The molecule has 0 aromatic heterocycles. The first kappa shape index (κ1) is 15.3. The maximum atomic E-state index is 12.5. The number of carboxylic acid groups (broad SMARTS) is 1. The first-order valence-electron chi connectivity index (χ1n) is 7.73. The molecule has 5 heteroatoms. The van der Waals surface area contributed by atoms with E-state index in [0.717, 1.165) is 58.0 Å². The van der Waals surface area contributed by atoms with Crippen LogP contribution in [0, 0.1) is 5.92 Å². The molecule has 1 saturated heterocycles. The van der Waals surface area contributed by atoms with Crippen LogP contribution in [0.2, 0.25) is 0 Å². The number of nitrogens with zero attached hydrogens (tertiary/aromatic N) is 1. The zero-order valence-corrected chi connectivity index (χ0v) is 12.4. The smallest absolute Gasteiger partial charge is 0.305 e. The predicted octanol–water partition coefficient (Wildman–Crippen LogP) is 1.62. The molecular formula is C15H26N2O3. The number of rotatable bonds is 4. The van der Waals surface area contributed by atoms with Gasteiger partial charge in [0.15, 0.2) is 0 Å². The van der Waals surface area contributed by atoms with E-state index >= 15 is 0 Å². The summed E-state index contributed by atoms with van der Waals surface area (Å²) in [7, 11) is 2.03. The van der Waals surface area contributed by atoms with Crippen LogP contribution in [0.5, 0.6) is 0 Å². The van der Waals surface area contributed by atoms with Crippen molar-refractivity contribution in [3.8, 4) is 0 Å². The Morgan fingerprint density at radius 3 is 2.55 bits per heavy atom. The van der Waals surface area contributed by atoms with Gasteiger partial charge in [0.25, 0.3) is 0 Å². The Morgan fingerprint density at radius 1 is 1.25 bits per heavy atom. The molecule has 114 valence electrons. The number of likely N-dealkylation sites (tertiary alicyclic amines) is 1. The summed E-state index contributed by atoms with van der Waals surface area (Å²) >= 11 is 0. The number of piperidine rings is 1. The second-order valence-electron chi connectivity index (χ2n) is 6.50. The Hall–Kier alpha value is -1.10. The van der Waals surface area contributed by atoms with Crippen LogP contribution in [0.1, 0.15) is 51.4 Å². The minimum atomic E-state index is -0.812. The largest absolute Gasteiger partial charge is 0.481 e. The molecule has 2 rings (SSSR count). The van der Waals surface area contributed by atoms with Crippen LogP contribution in [0.15, 0.2) is 0 Å². The maximum absolute atomic E-state index is 12.5. The van der Waals surface area contributed by atoms with E-state index in [0.29, 0.717) is 0 Å². The molecule has 1 amide bonds. The molecule has 2 aliphatic rings. The van der Waals surface area contributed by atoms with Crippen LogP contribution >= 0.6 is 0 Å². The highest BCUT2D eigenvalue weighted by atomic mass is 16.4. The molecule has 1 aliphatic heterocycles. The molecule has 2 fully saturated rings. The summed E-state index contributed by atoms with van der Waals surface area (Å²) in [5.74, 6) is -0.742. The van der Waals surface area contributed by atoms with Crippen molar-refractivity contribution in [1.82, 2.24) is 10.2 Å². The SMILES string of the molecule is CN1CCCC(C(=O)NC2(CC(=O)O)CCCCC2)C1. The molecule has 1 atom stereocenters. The van der Waals surface area contributed by atoms with Gasteiger partial charge in [0.1, 0.15) is 0 Å². The monoisotopic (exact) mass is 282 g/mol. The van der Waals surface area contributed by atoms with E-state index in [1.807, 2.05) is 7.05 Å². The molecule has 1 heterocycles. The fourth-order valence-corrected chi connectivity index (χ4v) is 3.61. The van der Waals surface area contributed by atoms with E-state index in [-0.39, 0.29) is 18.2 Å². The van der Waals surface area contributed by atoms with E-state index in [1.165, 1.54) is 0 Å². The second kappa shape index (κ2) is 6.57. The number of amides is 1. The molecule has 1 unspecified atom stereocenters. The first-order chi connectivity index (χ1) is 9.51. The second-order valence-corrected chi connectivity index (χ2v) is 6.50. The van der Waals surface area contributed by atoms with Gasteiger partial charge in [-0.2, -0.15) is 0 Å². The van der Waals surface area contributed by atoms with E-state index in [1.54, 1.807) is 0 Å². The summed E-state index contributed by atoms with van der Waals surface area (Å²) in [6, 6.07) is 0. The van der Waals surface area contributed by atoms with Gasteiger partial charge in [0.2, 0.25) is 5.91 Å². The van der Waals surface area contributed by atoms with Gasteiger partial charge < -0.3 is 15.3 Å². The van der Waals surface area contributed by atoms with Crippen LogP contribution in [0.4, 0.5) is 0 Å². The lowest BCUT2D eigenvalue weighted by atomic mass is 9.78. The van der Waals surface area contributed by atoms with Crippen LogP contribution in [-0.4, -0.2) is 47.6 Å². The Kier molecular flexibility index (Phi) is 5.02. The van der Waals surface area contributed by atoms with Crippen molar-refractivity contribution in [1.29, 1.82) is 0 Å². The number of aliphatic carboxylic acids is 1. The zero-order valence-electron chi connectivity index (χ0n) is 12.4. The van der Waals surface area contributed by atoms with Crippen molar-refractivity contribution >= 4 is 11.9 Å². The van der Waals surface area contributed by atoms with Gasteiger partial charge in [-0.3, -0.25) is 9.59 Å². The normalized spacial score (nSPS) is 26.9. The third-order valence-electron chi connectivity index (χ3n) is 4.68. The van der Waals surface area contributed by atoms with Crippen molar-refractivity contribution in [3.05, 3.63) is 0 Å². The summed E-state index contributed by atoms with van der Waals surface area (Å²) in [5, 5.41) is 12.2. The van der Waals surface area contributed by atoms with Crippen LogP contribution in [0.3, 0.4) is 0 Å². The fourth-order valence-electron chi connectivity index (χ4n) is 3.61. The van der Waals surface area contributed by atoms with Crippen molar-refractivity contribution < 1.29 is 14.7 Å². The van der Waals surface area contributed by atoms with Crippen LogP contribution in [0.25, 0.3) is 0 Å². The number of carbonyl (C=O) groups is 2. The molecule has 1 aliphatic carbocycles. The number of nitrogens with one attached hydrogen (secondary N) is 1. The summed E-state index contributed by atoms with van der Waals surface area (Å²) in [5.41, 5.74) is -0.503. The summed E-state index contributed by atoms with van der Waals surface area (Å²) < 4.78 is 0. The third kappa shape index (κ3) is 3.95. The van der Waals surface area contributed by atoms with Gasteiger partial charge in [-0.15, -0.1) is 0 Å². The van der Waals surface area contributed by atoms with Gasteiger partial charge in [0, 0.05) is 6.54 Å². The number of carbonyl (C=O) groups excluding carboxylic acids is 1. The van der Waals surface area contributed by atoms with Crippen molar-refractivity contribution in [3.63, 3.8) is 0 Å². The van der Waals surface area contributed by atoms with Gasteiger partial charge >= 0.3 is 5.97 Å². The van der Waals surface area contributed by atoms with Crippen molar-refractivity contribution in [2.75, 3.05) is 20.1 Å².